The molecule has 0 radical (unpaired) electrons. The fourth-order valence-electron chi connectivity index (χ4n) is 2.30. The molecule has 0 bridgehead atoms. The number of hydrogen-bond acceptors (Lipinski definition) is 3. The number of rotatable bonds is 3. The Hall–Kier alpha value is -3.02. The van der Waals surface area contributed by atoms with E-state index < -0.39 is 5.97 Å². The van der Waals surface area contributed by atoms with E-state index in [1.54, 1.807) is 24.3 Å². The van der Waals surface area contributed by atoms with E-state index in [0.29, 0.717) is 22.5 Å². The van der Waals surface area contributed by atoms with E-state index in [9.17, 15) is 9.59 Å². The van der Waals surface area contributed by atoms with Crippen molar-refractivity contribution in [1.82, 2.24) is 9.55 Å². The molecule has 6 heteroatoms. The first-order valence-corrected chi connectivity index (χ1v) is 6.23. The number of carboxylic acids is 1. The van der Waals surface area contributed by atoms with E-state index in [0.717, 1.165) is 0 Å². The number of ether oxygens (including phenoxy) is 1. The molecule has 0 unspecified atom stereocenters. The second-order valence-electron chi connectivity index (χ2n) is 4.47. The number of carbonyl (C=O) groups is 1. The summed E-state index contributed by atoms with van der Waals surface area (Å²) in [6.45, 7) is 0. The van der Waals surface area contributed by atoms with Gasteiger partial charge < -0.3 is 14.8 Å². The molecule has 2 N–H and O–H groups in total. The van der Waals surface area contributed by atoms with Gasteiger partial charge in [0.05, 0.1) is 29.4 Å². The Morgan fingerprint density at radius 2 is 2.00 bits per heavy atom. The van der Waals surface area contributed by atoms with E-state index in [1.165, 1.54) is 23.8 Å². The highest BCUT2D eigenvalue weighted by Crippen LogP contribution is 2.24. The maximum absolute atomic E-state index is 12.2. The molecule has 1 aromatic heterocycles. The molecule has 0 aliphatic carbocycles. The Bertz CT molecular complexity index is 892. The predicted molar refractivity (Wildman–Crippen MR) is 77.4 cm³/mol. The summed E-state index contributed by atoms with van der Waals surface area (Å²) >= 11 is 0. The zero-order valence-electron chi connectivity index (χ0n) is 11.2. The first kappa shape index (κ1) is 13.0. The largest absolute Gasteiger partial charge is 0.495 e. The number of methoxy groups -OCH3 is 1. The zero-order valence-corrected chi connectivity index (χ0v) is 11.2. The molecule has 3 aromatic rings. The van der Waals surface area contributed by atoms with E-state index in [2.05, 4.69) is 4.98 Å². The van der Waals surface area contributed by atoms with Gasteiger partial charge in [-0.05, 0) is 30.3 Å². The molecule has 0 atom stereocenters. The number of para-hydroxylation sites is 2. The van der Waals surface area contributed by atoms with Crippen molar-refractivity contribution in [3.8, 4) is 11.4 Å². The van der Waals surface area contributed by atoms with Crippen molar-refractivity contribution in [2.75, 3.05) is 7.11 Å². The van der Waals surface area contributed by atoms with E-state index in [4.69, 9.17) is 9.84 Å². The number of benzene rings is 2. The molecule has 106 valence electrons. The molecule has 21 heavy (non-hydrogen) atoms. The lowest BCUT2D eigenvalue weighted by atomic mass is 10.2. The number of hydrogen-bond donors (Lipinski definition) is 2. The quantitative estimate of drug-likeness (QED) is 0.770. The predicted octanol–water partition coefficient (Wildman–Crippen LogP) is 2.03. The summed E-state index contributed by atoms with van der Waals surface area (Å²) in [6, 6.07) is 11.6. The summed E-state index contributed by atoms with van der Waals surface area (Å²) in [7, 11) is 1.53. The van der Waals surface area contributed by atoms with Crippen LogP contribution in [0.2, 0.25) is 0 Å². The standard InChI is InChI=1S/C15H12N2O4/c1-21-13-5-3-2-4-12(13)17-11-7-6-9(14(18)19)8-10(11)16-15(17)20/h2-8H,1H3,(H,16,20)(H,18,19). The van der Waals surface area contributed by atoms with E-state index in [1.807, 2.05) is 6.07 Å². The van der Waals surface area contributed by atoms with Crippen molar-refractivity contribution in [2.45, 2.75) is 0 Å². The molecule has 0 aliphatic heterocycles. The first-order valence-electron chi connectivity index (χ1n) is 6.23. The molecule has 0 amide bonds. The number of H-pyrrole nitrogens is 1. The van der Waals surface area contributed by atoms with Gasteiger partial charge in [0.25, 0.3) is 0 Å². The summed E-state index contributed by atoms with van der Waals surface area (Å²) in [5.41, 5.74) is 1.42. The molecule has 3 rings (SSSR count). The van der Waals surface area contributed by atoms with Gasteiger partial charge >= 0.3 is 11.7 Å². The van der Waals surface area contributed by atoms with Crippen molar-refractivity contribution in [3.05, 3.63) is 58.5 Å². The molecule has 0 aliphatic rings. The highest BCUT2D eigenvalue weighted by molar-refractivity contribution is 5.92. The van der Waals surface area contributed by atoms with Crippen LogP contribution in [-0.2, 0) is 0 Å². The number of aromatic nitrogens is 2. The van der Waals surface area contributed by atoms with E-state index >= 15 is 0 Å². The molecular weight excluding hydrogens is 272 g/mol. The maximum Gasteiger partial charge on any atom is 0.335 e. The van der Waals surface area contributed by atoms with E-state index in [-0.39, 0.29) is 11.3 Å². The van der Waals surface area contributed by atoms with Crippen LogP contribution in [0.15, 0.2) is 47.3 Å². The second-order valence-corrected chi connectivity index (χ2v) is 4.47. The lowest BCUT2D eigenvalue weighted by Crippen LogP contribution is -2.15. The van der Waals surface area contributed by atoms with Crippen LogP contribution in [0.3, 0.4) is 0 Å². The monoisotopic (exact) mass is 284 g/mol. The van der Waals surface area contributed by atoms with Gasteiger partial charge in [-0.2, -0.15) is 0 Å². The van der Waals surface area contributed by atoms with Crippen molar-refractivity contribution in [1.29, 1.82) is 0 Å². The number of imidazole rings is 1. The molecule has 0 saturated heterocycles. The third-order valence-corrected chi connectivity index (χ3v) is 3.26. The molecule has 0 spiro atoms. The Morgan fingerprint density at radius 1 is 1.24 bits per heavy atom. The smallest absolute Gasteiger partial charge is 0.335 e. The highest BCUT2D eigenvalue weighted by Gasteiger charge is 2.14. The minimum absolute atomic E-state index is 0.121. The Labute approximate surface area is 119 Å². The van der Waals surface area contributed by atoms with Crippen molar-refractivity contribution < 1.29 is 14.6 Å². The van der Waals surface area contributed by atoms with Crippen molar-refractivity contribution in [3.63, 3.8) is 0 Å². The zero-order chi connectivity index (χ0) is 15.0. The normalized spacial score (nSPS) is 10.7. The van der Waals surface area contributed by atoms with Gasteiger partial charge in [-0.3, -0.25) is 4.57 Å². The summed E-state index contributed by atoms with van der Waals surface area (Å²) in [5.74, 6) is -0.481. The van der Waals surface area contributed by atoms with Gasteiger partial charge in [0.15, 0.2) is 0 Å². The van der Waals surface area contributed by atoms with Crippen LogP contribution in [-0.4, -0.2) is 27.7 Å². The van der Waals surface area contributed by atoms with Crippen LogP contribution in [0.4, 0.5) is 0 Å². The van der Waals surface area contributed by atoms with Crippen LogP contribution < -0.4 is 10.4 Å². The van der Waals surface area contributed by atoms with Gasteiger partial charge in [0.2, 0.25) is 0 Å². The SMILES string of the molecule is COc1ccccc1-n1c(=O)[nH]c2cc(C(=O)O)ccc21. The van der Waals surface area contributed by atoms with Crippen LogP contribution >= 0.6 is 0 Å². The number of fused-ring (bicyclic) bond motifs is 1. The van der Waals surface area contributed by atoms with Gasteiger partial charge in [0.1, 0.15) is 5.75 Å². The average molecular weight is 284 g/mol. The molecule has 2 aromatic carbocycles. The van der Waals surface area contributed by atoms with Crippen LogP contribution in [0.5, 0.6) is 5.75 Å². The fourth-order valence-corrected chi connectivity index (χ4v) is 2.30. The van der Waals surface area contributed by atoms with Crippen molar-refractivity contribution in [2.24, 2.45) is 0 Å². The summed E-state index contributed by atoms with van der Waals surface area (Å²) < 4.78 is 6.73. The number of aromatic carboxylic acids is 1. The highest BCUT2D eigenvalue weighted by atomic mass is 16.5. The number of nitrogens with zero attached hydrogens (tertiary/aromatic N) is 1. The molecular formula is C15H12N2O4. The van der Waals surface area contributed by atoms with Gasteiger partial charge in [-0.1, -0.05) is 12.1 Å². The van der Waals surface area contributed by atoms with Crippen LogP contribution in [0, 0.1) is 0 Å². The average Bonchev–Trinajstić information content (AvgIpc) is 2.81. The number of carboxylic acid groups (broad SMARTS) is 1. The van der Waals surface area contributed by atoms with Gasteiger partial charge in [-0.15, -0.1) is 0 Å². The first-order chi connectivity index (χ1) is 10.1. The third-order valence-electron chi connectivity index (χ3n) is 3.26. The summed E-state index contributed by atoms with van der Waals surface area (Å²) in [4.78, 5) is 25.8. The Balaban J connectivity index is 2.31. The third kappa shape index (κ3) is 2.06. The topological polar surface area (TPSA) is 84.3 Å². The summed E-state index contributed by atoms with van der Waals surface area (Å²) in [5, 5.41) is 9.00. The number of nitrogens with one attached hydrogen (secondary N) is 1. The van der Waals surface area contributed by atoms with Gasteiger partial charge in [-0.25, -0.2) is 9.59 Å². The van der Waals surface area contributed by atoms with Crippen LogP contribution in [0.25, 0.3) is 16.7 Å². The maximum atomic E-state index is 12.2. The molecule has 0 saturated carbocycles. The fraction of sp³-hybridized carbons (Fsp3) is 0.0667. The molecule has 6 nitrogen and oxygen atoms in total. The molecule has 1 heterocycles. The van der Waals surface area contributed by atoms with Gasteiger partial charge in [0, 0.05) is 0 Å². The summed E-state index contributed by atoms with van der Waals surface area (Å²) in [6.07, 6.45) is 0. The Kier molecular flexibility index (Phi) is 2.98. The minimum Gasteiger partial charge on any atom is -0.495 e. The lowest BCUT2D eigenvalue weighted by Gasteiger charge is -2.09. The minimum atomic E-state index is -1.04. The second kappa shape index (κ2) is 4.82. The molecule has 0 fully saturated rings. The van der Waals surface area contributed by atoms with Crippen LogP contribution in [0.1, 0.15) is 10.4 Å². The number of aromatic amines is 1. The lowest BCUT2D eigenvalue weighted by molar-refractivity contribution is 0.0697. The van der Waals surface area contributed by atoms with Crippen molar-refractivity contribution >= 4 is 17.0 Å². The Morgan fingerprint density at radius 3 is 2.71 bits per heavy atom.